The van der Waals surface area contributed by atoms with E-state index in [-0.39, 0.29) is 23.5 Å². The standard InChI is InChI=1S/C22H23ClN4O4/c23-15-1-2-19-14(7-15)8-16(10-30-19)25-21(28)18-9-20-27(26-18)6-3-17(31-20)11-29-13-22(12-24)4-5-22/h1-2,7,9,16-17H,3-6,8,10-11,13H2,(H,25,28)/t16-,17?/m1/s1. The van der Waals surface area contributed by atoms with Crippen molar-refractivity contribution in [2.24, 2.45) is 5.41 Å². The van der Waals surface area contributed by atoms with Crippen molar-refractivity contribution in [3.05, 3.63) is 40.5 Å². The Morgan fingerprint density at radius 1 is 1.42 bits per heavy atom. The van der Waals surface area contributed by atoms with Gasteiger partial charge in [-0.25, -0.2) is 4.68 Å². The third-order valence-electron chi connectivity index (χ3n) is 5.96. The first kappa shape index (κ1) is 20.2. The molecule has 1 N–H and O–H groups in total. The molecule has 3 heterocycles. The molecule has 9 heteroatoms. The molecule has 5 rings (SSSR count). The third kappa shape index (κ3) is 4.34. The van der Waals surface area contributed by atoms with Crippen LogP contribution in [0.25, 0.3) is 0 Å². The Hall–Kier alpha value is -2.76. The van der Waals surface area contributed by atoms with Crippen molar-refractivity contribution in [1.82, 2.24) is 15.1 Å². The van der Waals surface area contributed by atoms with Crippen LogP contribution in [0.4, 0.5) is 0 Å². The summed E-state index contributed by atoms with van der Waals surface area (Å²) in [6.45, 7) is 1.93. The second kappa shape index (κ2) is 8.06. The maximum absolute atomic E-state index is 12.7. The number of aromatic nitrogens is 2. The average Bonchev–Trinajstić information content (AvgIpc) is 3.42. The highest BCUT2D eigenvalue weighted by molar-refractivity contribution is 6.30. The molecule has 2 aliphatic heterocycles. The fraction of sp³-hybridized carbons (Fsp3) is 0.500. The molecule has 0 spiro atoms. The lowest BCUT2D eigenvalue weighted by Gasteiger charge is -2.26. The van der Waals surface area contributed by atoms with E-state index in [1.807, 2.05) is 12.1 Å². The minimum absolute atomic E-state index is 0.109. The normalized spacial score (nSPS) is 22.8. The third-order valence-corrected chi connectivity index (χ3v) is 6.20. The molecule has 1 aromatic heterocycles. The van der Waals surface area contributed by atoms with Gasteiger partial charge < -0.3 is 19.5 Å². The van der Waals surface area contributed by atoms with Crippen LogP contribution in [0.2, 0.25) is 5.02 Å². The Bertz CT molecular complexity index is 1040. The van der Waals surface area contributed by atoms with Crippen LogP contribution < -0.4 is 14.8 Å². The number of hydrogen-bond donors (Lipinski definition) is 1. The number of nitriles is 1. The molecule has 2 atom stereocenters. The summed E-state index contributed by atoms with van der Waals surface area (Å²) in [7, 11) is 0. The lowest BCUT2D eigenvalue weighted by atomic mass is 10.0. The zero-order valence-electron chi connectivity index (χ0n) is 17.0. The molecule has 3 aliphatic rings. The fourth-order valence-corrected chi connectivity index (χ4v) is 4.11. The van der Waals surface area contributed by atoms with Gasteiger partial charge in [0.1, 0.15) is 18.5 Å². The van der Waals surface area contributed by atoms with Crippen molar-refractivity contribution in [3.63, 3.8) is 0 Å². The van der Waals surface area contributed by atoms with Crippen molar-refractivity contribution in [3.8, 4) is 17.7 Å². The molecule has 1 unspecified atom stereocenters. The molecule has 1 fully saturated rings. The van der Waals surface area contributed by atoms with E-state index in [9.17, 15) is 4.79 Å². The number of ether oxygens (including phenoxy) is 3. The van der Waals surface area contributed by atoms with Crippen molar-refractivity contribution >= 4 is 17.5 Å². The maximum Gasteiger partial charge on any atom is 0.272 e. The molecule has 31 heavy (non-hydrogen) atoms. The van der Waals surface area contributed by atoms with Crippen LogP contribution in [0, 0.1) is 16.7 Å². The van der Waals surface area contributed by atoms with Crippen molar-refractivity contribution in [2.45, 2.75) is 44.4 Å². The Balaban J connectivity index is 1.16. The quantitative estimate of drug-likeness (QED) is 0.738. The predicted octanol–water partition coefficient (Wildman–Crippen LogP) is 2.74. The number of fused-ring (bicyclic) bond motifs is 2. The number of amides is 1. The number of aryl methyl sites for hydroxylation is 1. The largest absolute Gasteiger partial charge is 0.491 e. The van der Waals surface area contributed by atoms with E-state index in [2.05, 4.69) is 16.5 Å². The Morgan fingerprint density at radius 2 is 2.29 bits per heavy atom. The maximum atomic E-state index is 12.7. The molecule has 162 valence electrons. The first-order valence-corrected chi connectivity index (χ1v) is 10.9. The van der Waals surface area contributed by atoms with Gasteiger partial charge in [-0.15, -0.1) is 0 Å². The molecular weight excluding hydrogens is 420 g/mol. The molecule has 0 bridgehead atoms. The Morgan fingerprint density at radius 3 is 3.10 bits per heavy atom. The van der Waals surface area contributed by atoms with Crippen LogP contribution in [0.3, 0.4) is 0 Å². The van der Waals surface area contributed by atoms with Crippen LogP contribution in [-0.2, 0) is 17.7 Å². The number of nitrogens with one attached hydrogen (secondary N) is 1. The molecule has 1 aromatic carbocycles. The SMILES string of the molecule is N#CC1(COCC2CCn3nc(C(=O)N[C@H]4COc5ccc(Cl)cc5C4)cc3O2)CC1. The van der Waals surface area contributed by atoms with Gasteiger partial charge in [0.25, 0.3) is 5.91 Å². The highest BCUT2D eigenvalue weighted by Crippen LogP contribution is 2.45. The molecule has 0 saturated heterocycles. The van der Waals surface area contributed by atoms with Gasteiger partial charge in [0.15, 0.2) is 5.69 Å². The molecule has 2 aromatic rings. The Labute approximate surface area is 185 Å². The molecule has 8 nitrogen and oxygen atoms in total. The minimum Gasteiger partial charge on any atom is -0.491 e. The van der Waals surface area contributed by atoms with E-state index in [4.69, 9.17) is 31.1 Å². The zero-order chi connectivity index (χ0) is 21.4. The van der Waals surface area contributed by atoms with Gasteiger partial charge in [-0.1, -0.05) is 11.6 Å². The Kier molecular flexibility index (Phi) is 5.24. The van der Waals surface area contributed by atoms with Crippen LogP contribution in [0.15, 0.2) is 24.3 Å². The van der Waals surface area contributed by atoms with E-state index >= 15 is 0 Å². The van der Waals surface area contributed by atoms with E-state index in [1.165, 1.54) is 0 Å². The number of hydrogen-bond acceptors (Lipinski definition) is 6. The van der Waals surface area contributed by atoms with Gasteiger partial charge in [-0.3, -0.25) is 4.79 Å². The van der Waals surface area contributed by atoms with Gasteiger partial charge in [-0.2, -0.15) is 10.4 Å². The van der Waals surface area contributed by atoms with E-state index in [0.29, 0.717) is 49.4 Å². The summed E-state index contributed by atoms with van der Waals surface area (Å²) in [5, 5.41) is 17.1. The number of carbonyl (C=O) groups is 1. The molecule has 1 amide bonds. The van der Waals surface area contributed by atoms with Gasteiger partial charge >= 0.3 is 0 Å². The van der Waals surface area contributed by atoms with Crippen molar-refractivity contribution in [2.75, 3.05) is 19.8 Å². The number of benzene rings is 1. The second-order valence-corrected chi connectivity index (χ2v) is 8.90. The zero-order valence-corrected chi connectivity index (χ0v) is 17.7. The lowest BCUT2D eigenvalue weighted by Crippen LogP contribution is -2.42. The number of carbonyl (C=O) groups excluding carboxylic acids is 1. The van der Waals surface area contributed by atoms with Gasteiger partial charge in [0.2, 0.25) is 5.88 Å². The number of nitrogens with zero attached hydrogens (tertiary/aromatic N) is 3. The van der Waals surface area contributed by atoms with Crippen LogP contribution in [-0.4, -0.2) is 47.7 Å². The lowest BCUT2D eigenvalue weighted by molar-refractivity contribution is 0.0153. The molecule has 1 saturated carbocycles. The van der Waals surface area contributed by atoms with Gasteiger partial charge in [0.05, 0.1) is 30.7 Å². The summed E-state index contributed by atoms with van der Waals surface area (Å²) in [6, 6.07) is 9.33. The molecular formula is C22H23ClN4O4. The minimum atomic E-state index is -0.281. The smallest absolute Gasteiger partial charge is 0.272 e. The second-order valence-electron chi connectivity index (χ2n) is 8.46. The van der Waals surface area contributed by atoms with Crippen molar-refractivity contribution in [1.29, 1.82) is 5.26 Å². The predicted molar refractivity (Wildman–Crippen MR) is 111 cm³/mol. The average molecular weight is 443 g/mol. The van der Waals surface area contributed by atoms with Crippen molar-refractivity contribution < 1.29 is 19.0 Å². The van der Waals surface area contributed by atoms with E-state index in [0.717, 1.165) is 30.6 Å². The molecule has 1 aliphatic carbocycles. The molecule has 0 radical (unpaired) electrons. The first-order chi connectivity index (χ1) is 15.0. The summed E-state index contributed by atoms with van der Waals surface area (Å²) in [4.78, 5) is 12.7. The topological polar surface area (TPSA) is 98.4 Å². The summed E-state index contributed by atoms with van der Waals surface area (Å²) in [5.74, 6) is 1.10. The number of rotatable bonds is 6. The summed E-state index contributed by atoms with van der Waals surface area (Å²) in [6.07, 6.45) is 3.09. The fourth-order valence-electron chi connectivity index (χ4n) is 3.92. The number of halogens is 1. The summed E-state index contributed by atoms with van der Waals surface area (Å²) in [5.41, 5.74) is 1.01. The summed E-state index contributed by atoms with van der Waals surface area (Å²) < 4.78 is 19.1. The summed E-state index contributed by atoms with van der Waals surface area (Å²) >= 11 is 6.07. The van der Waals surface area contributed by atoms with Gasteiger partial charge in [-0.05, 0) is 43.0 Å². The van der Waals surface area contributed by atoms with Crippen LogP contribution >= 0.6 is 11.6 Å². The van der Waals surface area contributed by atoms with Crippen LogP contribution in [0.5, 0.6) is 11.6 Å². The van der Waals surface area contributed by atoms with Crippen LogP contribution in [0.1, 0.15) is 35.3 Å². The first-order valence-electron chi connectivity index (χ1n) is 10.5. The van der Waals surface area contributed by atoms with Gasteiger partial charge in [0, 0.05) is 24.1 Å². The van der Waals surface area contributed by atoms with E-state index < -0.39 is 0 Å². The van der Waals surface area contributed by atoms with E-state index in [1.54, 1.807) is 16.8 Å². The monoisotopic (exact) mass is 442 g/mol. The highest BCUT2D eigenvalue weighted by atomic mass is 35.5. The highest BCUT2D eigenvalue weighted by Gasteiger charge is 2.43.